The lowest BCUT2D eigenvalue weighted by molar-refractivity contribution is 0.0938. The fourth-order valence-electron chi connectivity index (χ4n) is 3.92. The lowest BCUT2D eigenvalue weighted by Gasteiger charge is -2.14. The highest BCUT2D eigenvalue weighted by molar-refractivity contribution is 6.07. The predicted octanol–water partition coefficient (Wildman–Crippen LogP) is 3.76. The Morgan fingerprint density at radius 1 is 1.22 bits per heavy atom. The molecule has 1 aliphatic carbocycles. The van der Waals surface area contributed by atoms with Gasteiger partial charge in [-0.05, 0) is 50.2 Å². The highest BCUT2D eigenvalue weighted by Crippen LogP contribution is 2.33. The molecule has 0 fully saturated rings. The van der Waals surface area contributed by atoms with Crippen molar-refractivity contribution in [1.29, 1.82) is 0 Å². The molecule has 0 aliphatic heterocycles. The maximum absolute atomic E-state index is 14.0. The molecule has 4 rings (SSSR count). The maximum Gasteiger partial charge on any atom is 0.253 e. The molecule has 0 spiro atoms. The third-order valence-corrected chi connectivity index (χ3v) is 5.34. The van der Waals surface area contributed by atoms with Gasteiger partial charge in [-0.3, -0.25) is 4.79 Å². The summed E-state index contributed by atoms with van der Waals surface area (Å²) in [6.45, 7) is 1.72. The number of amides is 1. The summed E-state index contributed by atoms with van der Waals surface area (Å²) in [5.74, 6) is -0.276. The normalized spacial score (nSPS) is 16.1. The van der Waals surface area contributed by atoms with Crippen LogP contribution in [-0.4, -0.2) is 36.0 Å². The first-order chi connectivity index (χ1) is 13.0. The minimum atomic E-state index is -0.176. The van der Waals surface area contributed by atoms with Crippen molar-refractivity contribution in [2.45, 2.75) is 25.4 Å². The van der Waals surface area contributed by atoms with Crippen LogP contribution in [0.4, 0.5) is 4.39 Å². The highest BCUT2D eigenvalue weighted by Gasteiger charge is 2.27. The Labute approximate surface area is 158 Å². The number of halogens is 1. The van der Waals surface area contributed by atoms with E-state index in [1.807, 2.05) is 50.6 Å². The molecule has 5 heteroatoms. The second-order valence-electron chi connectivity index (χ2n) is 7.43. The second-order valence-corrected chi connectivity index (χ2v) is 7.43. The Hall–Kier alpha value is -2.66. The van der Waals surface area contributed by atoms with Gasteiger partial charge in [-0.25, -0.2) is 4.39 Å². The van der Waals surface area contributed by atoms with Crippen LogP contribution in [0.3, 0.4) is 0 Å². The molecular weight excluding hydrogens is 341 g/mol. The predicted molar refractivity (Wildman–Crippen MR) is 105 cm³/mol. The molecule has 3 aromatic rings. The zero-order chi connectivity index (χ0) is 19.0. The first-order valence-electron chi connectivity index (χ1n) is 9.35. The van der Waals surface area contributed by atoms with Crippen molar-refractivity contribution in [1.82, 2.24) is 14.8 Å². The number of rotatable bonds is 5. The van der Waals surface area contributed by atoms with E-state index in [1.165, 1.54) is 6.07 Å². The van der Waals surface area contributed by atoms with Crippen LogP contribution < -0.4 is 5.32 Å². The average Bonchev–Trinajstić information content (AvgIpc) is 3.23. The Bertz CT molecular complexity index is 992. The Balaban J connectivity index is 1.62. The van der Waals surface area contributed by atoms with E-state index in [-0.39, 0.29) is 17.8 Å². The van der Waals surface area contributed by atoms with E-state index in [4.69, 9.17) is 0 Å². The van der Waals surface area contributed by atoms with Gasteiger partial charge in [0.15, 0.2) is 0 Å². The topological polar surface area (TPSA) is 37.3 Å². The number of hydrogen-bond acceptors (Lipinski definition) is 2. The van der Waals surface area contributed by atoms with Crippen LogP contribution in [0.25, 0.3) is 10.9 Å². The first-order valence-corrected chi connectivity index (χ1v) is 9.35. The van der Waals surface area contributed by atoms with Crippen molar-refractivity contribution in [3.8, 4) is 0 Å². The largest absolute Gasteiger partial charge is 0.345 e. The summed E-state index contributed by atoms with van der Waals surface area (Å²) in [5.41, 5.74) is 3.37. The SMILES string of the molecule is CN(C)CCn1cc(C(=O)NC2CCc3c(F)cccc32)c2ccccc21. The summed E-state index contributed by atoms with van der Waals surface area (Å²) in [4.78, 5) is 15.2. The standard InChI is InChI=1S/C22H24FN3O/c1-25(2)12-13-26-14-18(17-6-3-4-9-21(17)26)22(27)24-20-11-10-15-16(20)7-5-8-19(15)23/h3-9,14,20H,10-13H2,1-2H3,(H,24,27). The van der Waals surface area contributed by atoms with Crippen LogP contribution in [0.2, 0.25) is 0 Å². The number of para-hydroxylation sites is 1. The van der Waals surface area contributed by atoms with Crippen LogP contribution >= 0.6 is 0 Å². The molecule has 0 radical (unpaired) electrons. The number of nitrogens with zero attached hydrogens (tertiary/aromatic N) is 2. The molecular formula is C22H24FN3O. The van der Waals surface area contributed by atoms with Gasteiger partial charge in [-0.1, -0.05) is 30.3 Å². The Morgan fingerprint density at radius 3 is 2.85 bits per heavy atom. The van der Waals surface area contributed by atoms with Gasteiger partial charge in [0.2, 0.25) is 0 Å². The number of likely N-dealkylation sites (N-methyl/N-ethyl adjacent to an activating group) is 1. The summed E-state index contributed by atoms with van der Waals surface area (Å²) in [6, 6.07) is 13.0. The van der Waals surface area contributed by atoms with Gasteiger partial charge in [0.25, 0.3) is 5.91 Å². The smallest absolute Gasteiger partial charge is 0.253 e. The average molecular weight is 365 g/mol. The number of fused-ring (bicyclic) bond motifs is 2. The van der Waals surface area contributed by atoms with E-state index >= 15 is 0 Å². The zero-order valence-corrected chi connectivity index (χ0v) is 15.7. The molecule has 27 heavy (non-hydrogen) atoms. The molecule has 1 atom stereocenters. The van der Waals surface area contributed by atoms with Crippen molar-refractivity contribution in [3.63, 3.8) is 0 Å². The molecule has 2 aromatic carbocycles. The van der Waals surface area contributed by atoms with E-state index in [0.29, 0.717) is 12.0 Å². The minimum absolute atomic E-state index is 0.100. The number of aromatic nitrogens is 1. The highest BCUT2D eigenvalue weighted by atomic mass is 19.1. The second kappa shape index (κ2) is 7.16. The molecule has 0 saturated carbocycles. The molecule has 0 saturated heterocycles. The molecule has 1 amide bonds. The van der Waals surface area contributed by atoms with Crippen LogP contribution in [0.1, 0.15) is 33.9 Å². The summed E-state index contributed by atoms with van der Waals surface area (Å²) >= 11 is 0. The molecule has 1 aliphatic rings. The first kappa shape index (κ1) is 17.7. The van der Waals surface area contributed by atoms with E-state index in [9.17, 15) is 9.18 Å². The molecule has 0 bridgehead atoms. The van der Waals surface area contributed by atoms with Crippen LogP contribution in [0, 0.1) is 5.82 Å². The van der Waals surface area contributed by atoms with E-state index in [2.05, 4.69) is 14.8 Å². The van der Waals surface area contributed by atoms with Gasteiger partial charge in [0.1, 0.15) is 5.82 Å². The summed E-state index contributed by atoms with van der Waals surface area (Å²) in [5, 5.41) is 4.07. The summed E-state index contributed by atoms with van der Waals surface area (Å²) in [7, 11) is 4.08. The molecule has 1 aromatic heterocycles. The van der Waals surface area contributed by atoms with Gasteiger partial charge >= 0.3 is 0 Å². The van der Waals surface area contributed by atoms with E-state index < -0.39 is 0 Å². The molecule has 4 nitrogen and oxygen atoms in total. The van der Waals surface area contributed by atoms with Crippen LogP contribution in [0.15, 0.2) is 48.7 Å². The molecule has 1 heterocycles. The van der Waals surface area contributed by atoms with Gasteiger partial charge < -0.3 is 14.8 Å². The van der Waals surface area contributed by atoms with Crippen LogP contribution in [0.5, 0.6) is 0 Å². The lowest BCUT2D eigenvalue weighted by Crippen LogP contribution is -2.27. The number of nitrogens with one attached hydrogen (secondary N) is 1. The summed E-state index contributed by atoms with van der Waals surface area (Å²) < 4.78 is 16.1. The molecule has 140 valence electrons. The van der Waals surface area contributed by atoms with Crippen LogP contribution in [-0.2, 0) is 13.0 Å². The molecule has 1 N–H and O–H groups in total. The van der Waals surface area contributed by atoms with Gasteiger partial charge in [0, 0.05) is 30.2 Å². The number of carbonyl (C=O) groups excluding carboxylic acids is 1. The zero-order valence-electron chi connectivity index (χ0n) is 15.7. The van der Waals surface area contributed by atoms with Crippen molar-refractivity contribution in [2.75, 3.05) is 20.6 Å². The van der Waals surface area contributed by atoms with Crippen molar-refractivity contribution in [3.05, 3.63) is 71.2 Å². The molecule has 1 unspecified atom stereocenters. The van der Waals surface area contributed by atoms with Gasteiger partial charge in [-0.2, -0.15) is 0 Å². The Kier molecular flexibility index (Phi) is 4.70. The maximum atomic E-state index is 14.0. The van der Waals surface area contributed by atoms with Crippen molar-refractivity contribution >= 4 is 16.8 Å². The number of hydrogen-bond donors (Lipinski definition) is 1. The minimum Gasteiger partial charge on any atom is -0.345 e. The third kappa shape index (κ3) is 3.35. The van der Waals surface area contributed by atoms with Crippen molar-refractivity contribution in [2.24, 2.45) is 0 Å². The number of carbonyl (C=O) groups is 1. The van der Waals surface area contributed by atoms with E-state index in [1.54, 1.807) is 6.07 Å². The van der Waals surface area contributed by atoms with Gasteiger partial charge in [-0.15, -0.1) is 0 Å². The fraction of sp³-hybridized carbons (Fsp3) is 0.318. The summed E-state index contributed by atoms with van der Waals surface area (Å²) in [6.07, 6.45) is 3.34. The lowest BCUT2D eigenvalue weighted by atomic mass is 10.1. The third-order valence-electron chi connectivity index (χ3n) is 5.34. The van der Waals surface area contributed by atoms with Gasteiger partial charge in [0.05, 0.1) is 11.6 Å². The number of benzene rings is 2. The fourth-order valence-corrected chi connectivity index (χ4v) is 3.92. The monoisotopic (exact) mass is 365 g/mol. The Morgan fingerprint density at radius 2 is 2.04 bits per heavy atom. The quantitative estimate of drug-likeness (QED) is 0.748. The van der Waals surface area contributed by atoms with Crippen molar-refractivity contribution < 1.29 is 9.18 Å². The van der Waals surface area contributed by atoms with E-state index in [0.717, 1.165) is 41.5 Å².